The first kappa shape index (κ1) is 12.7. The van der Waals surface area contributed by atoms with Gasteiger partial charge in [-0.05, 0) is 34.7 Å². The molecule has 3 heterocycles. The molecule has 2 aliphatic rings. The normalized spacial score (nSPS) is 26.8. The molecular formula is C12H16BrN5O. The van der Waals surface area contributed by atoms with Crippen molar-refractivity contribution in [3.05, 3.63) is 10.7 Å². The van der Waals surface area contributed by atoms with E-state index in [0.717, 1.165) is 25.9 Å². The van der Waals surface area contributed by atoms with Gasteiger partial charge in [-0.3, -0.25) is 4.79 Å². The lowest BCUT2D eigenvalue weighted by Gasteiger charge is -2.41. The monoisotopic (exact) mass is 325 g/mol. The fourth-order valence-corrected chi connectivity index (χ4v) is 3.25. The Kier molecular flexibility index (Phi) is 3.30. The highest BCUT2D eigenvalue weighted by Crippen LogP contribution is 2.28. The van der Waals surface area contributed by atoms with Crippen LogP contribution in [0.15, 0.2) is 10.7 Å². The minimum absolute atomic E-state index is 0.178. The van der Waals surface area contributed by atoms with Crippen molar-refractivity contribution in [2.24, 2.45) is 5.92 Å². The minimum atomic E-state index is 0.178. The number of anilines is 2. The Bertz CT molecular complexity index is 489. The summed E-state index contributed by atoms with van der Waals surface area (Å²) in [6.07, 6.45) is 2.50. The Hall–Kier alpha value is -1.37. The van der Waals surface area contributed by atoms with Gasteiger partial charge in [-0.25, -0.2) is 4.98 Å². The van der Waals surface area contributed by atoms with Gasteiger partial charge >= 0.3 is 0 Å². The van der Waals surface area contributed by atoms with Crippen molar-refractivity contribution in [3.63, 3.8) is 0 Å². The smallest absolute Gasteiger partial charge is 0.228 e. The molecule has 0 bridgehead atoms. The summed E-state index contributed by atoms with van der Waals surface area (Å²) in [5.41, 5.74) is 5.75. The van der Waals surface area contributed by atoms with E-state index in [1.54, 1.807) is 6.07 Å². The maximum Gasteiger partial charge on any atom is 0.228 e. The average Bonchev–Trinajstić information content (AvgIpc) is 2.37. The molecule has 0 aromatic carbocycles. The van der Waals surface area contributed by atoms with Crippen molar-refractivity contribution >= 4 is 33.6 Å². The third kappa shape index (κ3) is 2.65. The largest absolute Gasteiger partial charge is 0.383 e. The van der Waals surface area contributed by atoms with Crippen LogP contribution in [-0.2, 0) is 4.79 Å². The molecule has 6 nitrogen and oxygen atoms in total. The molecule has 3 rings (SSSR count). The number of nitrogens with two attached hydrogens (primary N) is 1. The molecule has 7 heteroatoms. The predicted octanol–water partition coefficient (Wildman–Crippen LogP) is 0.926. The molecule has 0 saturated carbocycles. The summed E-state index contributed by atoms with van der Waals surface area (Å²) >= 11 is 3.34. The number of halogens is 1. The second kappa shape index (κ2) is 4.96. The first-order valence-electron chi connectivity index (χ1n) is 6.46. The van der Waals surface area contributed by atoms with E-state index in [4.69, 9.17) is 5.73 Å². The lowest BCUT2D eigenvalue weighted by atomic mass is 9.85. The molecule has 102 valence electrons. The van der Waals surface area contributed by atoms with Crippen LogP contribution in [0.25, 0.3) is 0 Å². The van der Waals surface area contributed by atoms with E-state index in [-0.39, 0.29) is 5.91 Å². The molecular weight excluding hydrogens is 310 g/mol. The maximum absolute atomic E-state index is 11.4. The highest BCUT2D eigenvalue weighted by atomic mass is 79.9. The number of nitrogen functional groups attached to an aromatic ring is 1. The van der Waals surface area contributed by atoms with Crippen LogP contribution in [0.5, 0.6) is 0 Å². The van der Waals surface area contributed by atoms with Gasteiger partial charge in [0, 0.05) is 31.6 Å². The quantitative estimate of drug-likeness (QED) is 0.750. The first-order valence-corrected chi connectivity index (χ1v) is 7.25. The van der Waals surface area contributed by atoms with E-state index in [2.05, 4.69) is 36.1 Å². The van der Waals surface area contributed by atoms with Gasteiger partial charge in [-0.2, -0.15) is 4.98 Å². The van der Waals surface area contributed by atoms with Crippen molar-refractivity contribution in [3.8, 4) is 0 Å². The lowest BCUT2D eigenvalue weighted by Crippen LogP contribution is -2.54. The number of nitrogens with one attached hydrogen (secondary N) is 1. The van der Waals surface area contributed by atoms with E-state index in [9.17, 15) is 4.79 Å². The van der Waals surface area contributed by atoms with Crippen LogP contribution in [0.4, 0.5) is 11.8 Å². The van der Waals surface area contributed by atoms with Gasteiger partial charge in [0.05, 0.1) is 0 Å². The van der Waals surface area contributed by atoms with Gasteiger partial charge in [0.15, 0.2) is 0 Å². The number of carbonyl (C=O) groups is 1. The van der Waals surface area contributed by atoms with Gasteiger partial charge in [-0.1, -0.05) is 0 Å². The third-order valence-electron chi connectivity index (χ3n) is 3.81. The standard InChI is InChI=1S/C12H16BrN5O/c13-9-5-10(14)17-12(16-9)18-4-3-8-7(6-18)1-2-11(19)15-8/h5,7-8H,1-4,6H2,(H,15,19)(H2,14,16,17). The Morgan fingerprint density at radius 3 is 3.05 bits per heavy atom. The van der Waals surface area contributed by atoms with Gasteiger partial charge in [0.25, 0.3) is 0 Å². The number of hydrogen-bond acceptors (Lipinski definition) is 5. The molecule has 3 N–H and O–H groups in total. The molecule has 19 heavy (non-hydrogen) atoms. The highest BCUT2D eigenvalue weighted by molar-refractivity contribution is 9.10. The van der Waals surface area contributed by atoms with Gasteiger partial charge in [0.2, 0.25) is 11.9 Å². The zero-order chi connectivity index (χ0) is 13.4. The van der Waals surface area contributed by atoms with E-state index >= 15 is 0 Å². The van der Waals surface area contributed by atoms with Crippen LogP contribution < -0.4 is 16.0 Å². The molecule has 2 fully saturated rings. The molecule has 0 spiro atoms. The Balaban J connectivity index is 1.75. The average molecular weight is 326 g/mol. The fraction of sp³-hybridized carbons (Fsp3) is 0.583. The molecule has 1 aromatic rings. The number of piperidine rings is 2. The summed E-state index contributed by atoms with van der Waals surface area (Å²) < 4.78 is 0.703. The van der Waals surface area contributed by atoms with E-state index in [1.807, 2.05) is 0 Å². The van der Waals surface area contributed by atoms with Gasteiger partial charge in [0.1, 0.15) is 10.4 Å². The summed E-state index contributed by atoms with van der Waals surface area (Å²) in [5, 5.41) is 3.07. The van der Waals surface area contributed by atoms with Crippen LogP contribution in [0.2, 0.25) is 0 Å². The third-order valence-corrected chi connectivity index (χ3v) is 4.21. The number of carbonyl (C=O) groups excluding carboxylic acids is 1. The maximum atomic E-state index is 11.4. The Morgan fingerprint density at radius 2 is 2.26 bits per heavy atom. The second-order valence-corrected chi connectivity index (χ2v) is 5.94. The van der Waals surface area contributed by atoms with Crippen molar-refractivity contribution in [2.75, 3.05) is 23.7 Å². The van der Waals surface area contributed by atoms with Crippen molar-refractivity contribution < 1.29 is 4.79 Å². The van der Waals surface area contributed by atoms with Gasteiger partial charge in [-0.15, -0.1) is 0 Å². The molecule has 0 radical (unpaired) electrons. The van der Waals surface area contributed by atoms with Crippen molar-refractivity contribution in [1.29, 1.82) is 0 Å². The number of nitrogens with zero attached hydrogens (tertiary/aromatic N) is 3. The lowest BCUT2D eigenvalue weighted by molar-refractivity contribution is -0.124. The second-order valence-electron chi connectivity index (χ2n) is 5.12. The number of rotatable bonds is 1. The summed E-state index contributed by atoms with van der Waals surface area (Å²) in [5.74, 6) is 1.80. The molecule has 2 aliphatic heterocycles. The zero-order valence-electron chi connectivity index (χ0n) is 10.5. The van der Waals surface area contributed by atoms with Crippen LogP contribution in [-0.4, -0.2) is 35.0 Å². The summed E-state index contributed by atoms with van der Waals surface area (Å²) in [6.45, 7) is 1.72. The van der Waals surface area contributed by atoms with Crippen molar-refractivity contribution in [2.45, 2.75) is 25.3 Å². The van der Waals surface area contributed by atoms with E-state index in [1.165, 1.54) is 0 Å². The van der Waals surface area contributed by atoms with Crippen molar-refractivity contribution in [1.82, 2.24) is 15.3 Å². The Labute approximate surface area is 119 Å². The van der Waals surface area contributed by atoms with Gasteiger partial charge < -0.3 is 16.0 Å². The molecule has 2 atom stereocenters. The minimum Gasteiger partial charge on any atom is -0.383 e. The first-order chi connectivity index (χ1) is 9.11. The molecule has 0 aliphatic carbocycles. The van der Waals surface area contributed by atoms with Crippen LogP contribution >= 0.6 is 15.9 Å². The SMILES string of the molecule is Nc1cc(Br)nc(N2CCC3NC(=O)CCC3C2)n1. The predicted molar refractivity (Wildman–Crippen MR) is 75.6 cm³/mol. The number of amides is 1. The zero-order valence-corrected chi connectivity index (χ0v) is 12.1. The molecule has 1 amide bonds. The fourth-order valence-electron chi connectivity index (χ4n) is 2.86. The summed E-state index contributed by atoms with van der Waals surface area (Å²) in [6, 6.07) is 2.00. The number of hydrogen-bond donors (Lipinski definition) is 2. The summed E-state index contributed by atoms with van der Waals surface area (Å²) in [4.78, 5) is 22.2. The van der Waals surface area contributed by atoms with Crippen LogP contribution in [0.3, 0.4) is 0 Å². The van der Waals surface area contributed by atoms with E-state index < -0.39 is 0 Å². The van der Waals surface area contributed by atoms with E-state index in [0.29, 0.717) is 34.7 Å². The molecule has 2 unspecified atom stereocenters. The number of fused-ring (bicyclic) bond motifs is 1. The highest BCUT2D eigenvalue weighted by Gasteiger charge is 2.34. The van der Waals surface area contributed by atoms with Crippen LogP contribution in [0, 0.1) is 5.92 Å². The molecule has 2 saturated heterocycles. The number of aromatic nitrogens is 2. The molecule has 1 aromatic heterocycles. The van der Waals surface area contributed by atoms with Crippen LogP contribution in [0.1, 0.15) is 19.3 Å². The Morgan fingerprint density at radius 1 is 1.42 bits per heavy atom. The topological polar surface area (TPSA) is 84.1 Å². The summed E-state index contributed by atoms with van der Waals surface area (Å²) in [7, 11) is 0.